The Balaban J connectivity index is 0.856. The van der Waals surface area contributed by atoms with Crippen molar-refractivity contribution in [2.75, 3.05) is 61.0 Å². The van der Waals surface area contributed by atoms with Crippen molar-refractivity contribution in [3.05, 3.63) is 82.7 Å². The van der Waals surface area contributed by atoms with Crippen LogP contribution in [0.4, 0.5) is 25.8 Å². The van der Waals surface area contributed by atoms with Crippen LogP contribution in [0.1, 0.15) is 72.1 Å². The minimum atomic E-state index is -1.10. The van der Waals surface area contributed by atoms with E-state index in [-0.39, 0.29) is 54.9 Å². The molecule has 2 aromatic heterocycles. The van der Waals surface area contributed by atoms with E-state index in [4.69, 9.17) is 4.74 Å². The molecule has 0 radical (unpaired) electrons. The molecule has 328 valence electrons. The van der Waals surface area contributed by atoms with E-state index in [1.54, 1.807) is 37.7 Å². The van der Waals surface area contributed by atoms with Crippen molar-refractivity contribution >= 4 is 52.6 Å². The van der Waals surface area contributed by atoms with Gasteiger partial charge in [0.2, 0.25) is 35.5 Å². The van der Waals surface area contributed by atoms with Gasteiger partial charge in [-0.25, -0.2) is 13.5 Å². The summed E-state index contributed by atoms with van der Waals surface area (Å²) in [5, 5.41) is 9.88. The van der Waals surface area contributed by atoms with Gasteiger partial charge in [-0.1, -0.05) is 13.0 Å². The van der Waals surface area contributed by atoms with Gasteiger partial charge in [0.25, 0.3) is 5.91 Å². The van der Waals surface area contributed by atoms with Crippen LogP contribution in [0.25, 0.3) is 11.3 Å². The molecule has 0 spiro atoms. The highest BCUT2D eigenvalue weighted by Gasteiger charge is 2.38. The first-order chi connectivity index (χ1) is 30.3. The Morgan fingerprint density at radius 2 is 1.76 bits per heavy atom. The Bertz CT molecular complexity index is 2560. The summed E-state index contributed by atoms with van der Waals surface area (Å²) in [6.07, 6.45) is 3.79. The van der Waals surface area contributed by atoms with Gasteiger partial charge < -0.3 is 29.7 Å². The van der Waals surface area contributed by atoms with Gasteiger partial charge in [0.1, 0.15) is 11.6 Å². The summed E-state index contributed by atoms with van der Waals surface area (Å²) in [5.41, 5.74) is 4.71. The molecule has 2 N–H and O–H groups in total. The summed E-state index contributed by atoms with van der Waals surface area (Å²) in [7, 11) is 1.81. The second-order valence-electron chi connectivity index (χ2n) is 17.1. The summed E-state index contributed by atoms with van der Waals surface area (Å²) in [6, 6.07) is 11.6. The van der Waals surface area contributed by atoms with Gasteiger partial charge in [0, 0.05) is 75.2 Å². The number of aryl methyl sites for hydroxylation is 2. The van der Waals surface area contributed by atoms with E-state index < -0.39 is 41.2 Å². The van der Waals surface area contributed by atoms with Gasteiger partial charge in [0.05, 0.1) is 53.8 Å². The average Bonchev–Trinajstić information content (AvgIpc) is 3.97. The molecule has 4 aromatic rings. The molecule has 0 unspecified atom stereocenters. The predicted octanol–water partition coefficient (Wildman–Crippen LogP) is 4.52. The zero-order valence-corrected chi connectivity index (χ0v) is 35.3. The van der Waals surface area contributed by atoms with Gasteiger partial charge in [-0.15, -0.1) is 0 Å². The Labute approximate surface area is 362 Å². The standard InChI is InChI=1S/C45H48F2N10O6/c1-25-5-4-14-63-44-32(20-48-53(44)3)36-17-29(15-26(2)49-36)41(60)52-45-50-35-8-6-27(16-37(35)57(45)21-25)22-55-12-13-56(24-39(55)59)43(62)28-10-11-54(23-28)30-18-33(46)40(34(47)19-30)31-7-9-38(58)51-42(31)61/h6,8,15-20,25,28,31H,4-5,7,9-14,21-24H2,1-3H3,(H,50,52,60)(H,51,58,61)/t25-,28-,31-/m1/s1. The van der Waals surface area contributed by atoms with Gasteiger partial charge in [-0.2, -0.15) is 10.1 Å². The summed E-state index contributed by atoms with van der Waals surface area (Å²) in [4.78, 5) is 81.3. The summed E-state index contributed by atoms with van der Waals surface area (Å²) in [5.74, 6) is -4.13. The molecule has 2 bridgehead atoms. The molecule has 16 nitrogen and oxygen atoms in total. The first-order valence-electron chi connectivity index (χ1n) is 21.4. The maximum Gasteiger partial charge on any atom is 0.280 e. The molecule has 0 saturated carbocycles. The number of nitrogens with one attached hydrogen (secondary N) is 2. The lowest BCUT2D eigenvalue weighted by Gasteiger charge is -2.35. The third-order valence-electron chi connectivity index (χ3n) is 12.6. The number of halogens is 2. The molecule has 3 atom stereocenters. The third-order valence-corrected chi connectivity index (χ3v) is 12.6. The van der Waals surface area contributed by atoms with Crippen molar-refractivity contribution < 1.29 is 37.5 Å². The highest BCUT2D eigenvalue weighted by atomic mass is 19.1. The number of imide groups is 1. The van der Waals surface area contributed by atoms with Crippen molar-refractivity contribution in [2.45, 2.75) is 58.4 Å². The van der Waals surface area contributed by atoms with Crippen LogP contribution in [0, 0.1) is 30.4 Å². The predicted molar refractivity (Wildman–Crippen MR) is 228 cm³/mol. The maximum absolute atomic E-state index is 15.3. The molecule has 5 aliphatic rings. The van der Waals surface area contributed by atoms with Crippen LogP contribution < -0.4 is 25.2 Å². The van der Waals surface area contributed by atoms with E-state index in [9.17, 15) is 24.0 Å². The molecule has 18 heteroatoms. The number of hydrogen-bond donors (Lipinski definition) is 2. The SMILES string of the molecule is Cc1cc2cc(n1)-c1cnn(C)c1OCCC[C@@H](C)CN1/C(=N/C2=O)Nc2ccc(CN3CCN(C(=O)[C@@H]4CCN(c5cc(F)c([C@H]6CCC(=O)NC6=O)c(F)c5)C4)CC3=O)cc21. The van der Waals surface area contributed by atoms with Crippen LogP contribution in [0.3, 0.4) is 0 Å². The van der Waals surface area contributed by atoms with Crippen LogP contribution in [-0.4, -0.2) is 106 Å². The van der Waals surface area contributed by atoms with E-state index in [0.29, 0.717) is 80.1 Å². The second-order valence-corrected chi connectivity index (χ2v) is 17.1. The number of carbonyl (C=O) groups is 5. The summed E-state index contributed by atoms with van der Waals surface area (Å²) >= 11 is 0. The molecular weight excluding hydrogens is 815 g/mol. The zero-order chi connectivity index (χ0) is 44.1. The van der Waals surface area contributed by atoms with Crippen LogP contribution >= 0.6 is 0 Å². The molecule has 9 rings (SSSR count). The lowest BCUT2D eigenvalue weighted by Crippen LogP contribution is -2.53. The smallest absolute Gasteiger partial charge is 0.280 e. The zero-order valence-electron chi connectivity index (χ0n) is 35.3. The van der Waals surface area contributed by atoms with Crippen LogP contribution in [0.2, 0.25) is 0 Å². The van der Waals surface area contributed by atoms with Crippen molar-refractivity contribution in [3.63, 3.8) is 0 Å². The minimum Gasteiger partial charge on any atom is -0.477 e. The van der Waals surface area contributed by atoms with E-state index in [1.807, 2.05) is 37.1 Å². The Morgan fingerprint density at radius 1 is 0.952 bits per heavy atom. The summed E-state index contributed by atoms with van der Waals surface area (Å²) in [6.45, 7) is 6.53. The highest BCUT2D eigenvalue weighted by molar-refractivity contribution is 6.19. The first-order valence-corrected chi connectivity index (χ1v) is 21.4. The lowest BCUT2D eigenvalue weighted by molar-refractivity contribution is -0.147. The molecule has 2 aromatic carbocycles. The largest absolute Gasteiger partial charge is 0.477 e. The number of benzene rings is 2. The van der Waals surface area contributed by atoms with Crippen LogP contribution in [0.15, 0.2) is 53.7 Å². The first kappa shape index (κ1) is 41.6. The van der Waals surface area contributed by atoms with Crippen molar-refractivity contribution in [1.29, 1.82) is 0 Å². The van der Waals surface area contributed by atoms with Gasteiger partial charge in [-0.3, -0.25) is 34.3 Å². The van der Waals surface area contributed by atoms with E-state index >= 15 is 8.78 Å². The molecule has 5 amide bonds. The number of hydrogen-bond acceptors (Lipinski definition) is 11. The summed E-state index contributed by atoms with van der Waals surface area (Å²) < 4.78 is 38.5. The number of nitrogens with zero attached hydrogens (tertiary/aromatic N) is 8. The average molecular weight is 863 g/mol. The maximum atomic E-state index is 15.3. The number of piperidine rings is 1. The number of pyridine rings is 1. The number of anilines is 3. The number of aliphatic imine (C=N–C) groups is 1. The monoisotopic (exact) mass is 862 g/mol. The number of ether oxygens (including phenoxy) is 1. The Morgan fingerprint density at radius 3 is 2.54 bits per heavy atom. The fourth-order valence-electron chi connectivity index (χ4n) is 9.24. The molecular formula is C45H48F2N10O6. The second kappa shape index (κ2) is 16.9. The number of carbonyl (C=O) groups excluding carboxylic acids is 5. The molecule has 63 heavy (non-hydrogen) atoms. The lowest BCUT2D eigenvalue weighted by atomic mass is 9.89. The topological polar surface area (TPSA) is 175 Å². The van der Waals surface area contributed by atoms with Gasteiger partial charge >= 0.3 is 0 Å². The number of rotatable bonds is 5. The molecule has 3 fully saturated rings. The Hall–Kier alpha value is -6.72. The van der Waals surface area contributed by atoms with E-state index in [2.05, 4.69) is 32.6 Å². The number of aromatic nitrogens is 3. The normalized spacial score (nSPS) is 22.6. The van der Waals surface area contributed by atoms with Crippen LogP contribution in [-0.2, 0) is 32.8 Å². The van der Waals surface area contributed by atoms with E-state index in [0.717, 1.165) is 29.8 Å². The van der Waals surface area contributed by atoms with Gasteiger partial charge in [0.15, 0.2) is 0 Å². The quantitative estimate of drug-likeness (QED) is 0.270. The highest BCUT2D eigenvalue weighted by Crippen LogP contribution is 2.37. The van der Waals surface area contributed by atoms with Crippen LogP contribution in [0.5, 0.6) is 5.88 Å². The molecule has 3 saturated heterocycles. The molecule has 7 heterocycles. The number of piperazine rings is 1. The number of fused-ring (bicyclic) bond motifs is 7. The number of amides is 5. The Kier molecular flexibility index (Phi) is 11.1. The van der Waals surface area contributed by atoms with Crippen molar-refractivity contribution in [2.24, 2.45) is 23.9 Å². The number of guanidine groups is 1. The van der Waals surface area contributed by atoms with E-state index in [1.165, 1.54) is 12.1 Å². The fraction of sp³-hybridized carbons (Fsp3) is 0.422. The van der Waals surface area contributed by atoms with Crippen molar-refractivity contribution in [3.8, 4) is 17.1 Å². The third kappa shape index (κ3) is 8.33. The van der Waals surface area contributed by atoms with Gasteiger partial charge in [-0.05, 0) is 80.5 Å². The minimum absolute atomic E-state index is 0.00412. The fourth-order valence-corrected chi connectivity index (χ4v) is 9.24. The molecule has 5 aliphatic heterocycles. The molecule has 0 aliphatic carbocycles. The van der Waals surface area contributed by atoms with Crippen molar-refractivity contribution in [1.82, 2.24) is 29.9 Å².